The Bertz CT molecular complexity index is 220. The molecular formula is C7H11N3O. The number of rotatable bonds is 0. The largest absolute Gasteiger partial charge is 0.312 e. The van der Waals surface area contributed by atoms with Crippen LogP contribution in [0.4, 0.5) is 0 Å². The summed E-state index contributed by atoms with van der Waals surface area (Å²) in [7, 11) is 0. The van der Waals surface area contributed by atoms with Gasteiger partial charge in [-0.1, -0.05) is 0 Å². The van der Waals surface area contributed by atoms with Crippen LogP contribution in [0, 0.1) is 11.3 Å². The summed E-state index contributed by atoms with van der Waals surface area (Å²) in [6.07, 6.45) is 1.41. The molecule has 0 saturated carbocycles. The first kappa shape index (κ1) is 8.02. The fourth-order valence-electron chi connectivity index (χ4n) is 1.40. The predicted octanol–water partition coefficient (Wildman–Crippen LogP) is -0.193. The van der Waals surface area contributed by atoms with Gasteiger partial charge in [-0.15, -0.1) is 0 Å². The highest BCUT2D eigenvalue weighted by atomic mass is 16.2. The van der Waals surface area contributed by atoms with Crippen molar-refractivity contribution in [3.63, 3.8) is 0 Å². The third-order valence-electron chi connectivity index (χ3n) is 2.00. The van der Waals surface area contributed by atoms with E-state index in [4.69, 9.17) is 11.0 Å². The van der Waals surface area contributed by atoms with Crippen molar-refractivity contribution in [3.8, 4) is 6.07 Å². The van der Waals surface area contributed by atoms with Crippen molar-refractivity contribution >= 4 is 5.91 Å². The number of hydrogen-bond acceptors (Lipinski definition) is 3. The van der Waals surface area contributed by atoms with Crippen molar-refractivity contribution in [1.29, 1.82) is 5.26 Å². The Kier molecular flexibility index (Phi) is 1.83. The number of hydrogen-bond donors (Lipinski definition) is 1. The molecule has 1 saturated heterocycles. The Morgan fingerprint density at radius 1 is 1.82 bits per heavy atom. The Labute approximate surface area is 65.6 Å². The molecule has 1 unspecified atom stereocenters. The van der Waals surface area contributed by atoms with E-state index in [2.05, 4.69) is 0 Å². The number of nitriles is 1. The smallest absolute Gasteiger partial charge is 0.221 e. The first-order valence-corrected chi connectivity index (χ1v) is 3.58. The van der Waals surface area contributed by atoms with Gasteiger partial charge in [0.2, 0.25) is 5.91 Å². The van der Waals surface area contributed by atoms with Gasteiger partial charge < -0.3 is 4.90 Å². The molecule has 0 bridgehead atoms. The molecule has 2 N–H and O–H groups in total. The minimum Gasteiger partial charge on any atom is -0.312 e. The molecule has 1 fully saturated rings. The molecule has 0 aromatic heterocycles. The van der Waals surface area contributed by atoms with E-state index >= 15 is 0 Å². The first-order chi connectivity index (χ1) is 5.10. The summed E-state index contributed by atoms with van der Waals surface area (Å²) >= 11 is 0. The van der Waals surface area contributed by atoms with Gasteiger partial charge in [0, 0.05) is 13.5 Å². The molecule has 0 aliphatic carbocycles. The molecule has 4 heteroatoms. The number of likely N-dealkylation sites (tertiary alicyclic amines) is 1. The number of amides is 1. The van der Waals surface area contributed by atoms with Crippen molar-refractivity contribution in [2.24, 2.45) is 5.73 Å². The third kappa shape index (κ3) is 1.19. The topological polar surface area (TPSA) is 70.1 Å². The van der Waals surface area contributed by atoms with Crippen LogP contribution in [0.3, 0.4) is 0 Å². The lowest BCUT2D eigenvalue weighted by Gasteiger charge is -2.26. The first-order valence-electron chi connectivity index (χ1n) is 3.58. The minimum atomic E-state index is -1.04. The highest BCUT2D eigenvalue weighted by Crippen LogP contribution is 2.23. The second-order valence-corrected chi connectivity index (χ2v) is 2.81. The Morgan fingerprint density at radius 3 is 2.82 bits per heavy atom. The summed E-state index contributed by atoms with van der Waals surface area (Å²) in [6.45, 7) is 2.05. The molecule has 0 aromatic rings. The van der Waals surface area contributed by atoms with Gasteiger partial charge in [-0.25, -0.2) is 0 Å². The maximum atomic E-state index is 10.9. The van der Waals surface area contributed by atoms with E-state index in [1.165, 1.54) is 11.8 Å². The van der Waals surface area contributed by atoms with Gasteiger partial charge in [-0.3, -0.25) is 10.5 Å². The van der Waals surface area contributed by atoms with Crippen LogP contribution in [0.2, 0.25) is 0 Å². The van der Waals surface area contributed by atoms with Crippen molar-refractivity contribution in [3.05, 3.63) is 0 Å². The standard InChI is InChI=1S/C7H11N3O/c1-6(11)10-4-2-3-7(10,9)5-8/h2-4,9H2,1H3. The number of nitrogens with zero attached hydrogens (tertiary/aromatic N) is 2. The van der Waals surface area contributed by atoms with E-state index in [9.17, 15) is 4.79 Å². The summed E-state index contributed by atoms with van der Waals surface area (Å²) in [5, 5.41) is 8.68. The monoisotopic (exact) mass is 153 g/mol. The predicted molar refractivity (Wildman–Crippen MR) is 39.2 cm³/mol. The normalized spacial score (nSPS) is 30.1. The van der Waals surface area contributed by atoms with Gasteiger partial charge in [-0.2, -0.15) is 5.26 Å². The quantitative estimate of drug-likeness (QED) is 0.524. The van der Waals surface area contributed by atoms with Gasteiger partial charge in [0.1, 0.15) is 6.07 Å². The molecule has 0 aromatic carbocycles. The summed E-state index contributed by atoms with van der Waals surface area (Å²) < 4.78 is 0. The molecule has 11 heavy (non-hydrogen) atoms. The fraction of sp³-hybridized carbons (Fsp3) is 0.714. The van der Waals surface area contributed by atoms with Crippen LogP contribution >= 0.6 is 0 Å². The molecule has 1 heterocycles. The maximum absolute atomic E-state index is 10.9. The summed E-state index contributed by atoms with van der Waals surface area (Å²) in [4.78, 5) is 12.3. The third-order valence-corrected chi connectivity index (χ3v) is 2.00. The van der Waals surface area contributed by atoms with Crippen LogP contribution < -0.4 is 5.73 Å². The maximum Gasteiger partial charge on any atom is 0.221 e. The highest BCUT2D eigenvalue weighted by molar-refractivity contribution is 5.75. The van der Waals surface area contributed by atoms with E-state index in [-0.39, 0.29) is 5.91 Å². The van der Waals surface area contributed by atoms with Gasteiger partial charge in [-0.05, 0) is 12.8 Å². The van der Waals surface area contributed by atoms with Crippen molar-refractivity contribution < 1.29 is 4.79 Å². The molecule has 1 rings (SSSR count). The Hall–Kier alpha value is -1.08. The van der Waals surface area contributed by atoms with Crippen LogP contribution in [-0.2, 0) is 4.79 Å². The average Bonchev–Trinajstić information content (AvgIpc) is 2.32. The minimum absolute atomic E-state index is 0.119. The molecular weight excluding hydrogens is 142 g/mol. The fourth-order valence-corrected chi connectivity index (χ4v) is 1.40. The lowest BCUT2D eigenvalue weighted by molar-refractivity contribution is -0.131. The van der Waals surface area contributed by atoms with Crippen molar-refractivity contribution in [1.82, 2.24) is 4.90 Å². The van der Waals surface area contributed by atoms with Crippen LogP contribution in [0.25, 0.3) is 0 Å². The zero-order valence-corrected chi connectivity index (χ0v) is 6.50. The van der Waals surface area contributed by atoms with Gasteiger partial charge >= 0.3 is 0 Å². The van der Waals surface area contributed by atoms with E-state index < -0.39 is 5.66 Å². The average molecular weight is 153 g/mol. The molecule has 1 aliphatic rings. The van der Waals surface area contributed by atoms with E-state index in [1.54, 1.807) is 0 Å². The van der Waals surface area contributed by atoms with Gasteiger partial charge in [0.05, 0.1) is 0 Å². The van der Waals surface area contributed by atoms with Crippen molar-refractivity contribution in [2.45, 2.75) is 25.4 Å². The summed E-state index contributed by atoms with van der Waals surface area (Å²) in [5.41, 5.74) is 4.61. The van der Waals surface area contributed by atoms with E-state index in [1.807, 2.05) is 6.07 Å². The lowest BCUT2D eigenvalue weighted by atomic mass is 10.1. The van der Waals surface area contributed by atoms with Crippen LogP contribution in [0.1, 0.15) is 19.8 Å². The number of nitrogens with two attached hydrogens (primary N) is 1. The summed E-state index contributed by atoms with van der Waals surface area (Å²) in [6, 6.07) is 1.95. The van der Waals surface area contributed by atoms with Gasteiger partial charge in [0.25, 0.3) is 0 Å². The second-order valence-electron chi connectivity index (χ2n) is 2.81. The van der Waals surface area contributed by atoms with Crippen LogP contribution in [0.5, 0.6) is 0 Å². The Morgan fingerprint density at radius 2 is 2.45 bits per heavy atom. The van der Waals surface area contributed by atoms with Crippen LogP contribution in [-0.4, -0.2) is 23.0 Å². The molecule has 1 atom stereocenters. The van der Waals surface area contributed by atoms with Gasteiger partial charge in [0.15, 0.2) is 5.66 Å². The molecule has 0 spiro atoms. The lowest BCUT2D eigenvalue weighted by Crippen LogP contribution is -2.52. The highest BCUT2D eigenvalue weighted by Gasteiger charge is 2.38. The molecule has 1 amide bonds. The summed E-state index contributed by atoms with van der Waals surface area (Å²) in [5.74, 6) is -0.119. The van der Waals surface area contributed by atoms with E-state index in [0.29, 0.717) is 13.0 Å². The zero-order valence-electron chi connectivity index (χ0n) is 6.50. The second kappa shape index (κ2) is 2.51. The number of carbonyl (C=O) groups is 1. The SMILES string of the molecule is CC(=O)N1CCCC1(N)C#N. The van der Waals surface area contributed by atoms with Crippen molar-refractivity contribution in [2.75, 3.05) is 6.54 Å². The molecule has 0 radical (unpaired) electrons. The van der Waals surface area contributed by atoms with E-state index in [0.717, 1.165) is 6.42 Å². The molecule has 60 valence electrons. The molecule has 1 aliphatic heterocycles. The molecule has 4 nitrogen and oxygen atoms in total. The van der Waals surface area contributed by atoms with Crippen LogP contribution in [0.15, 0.2) is 0 Å². The number of carbonyl (C=O) groups excluding carboxylic acids is 1. The Balaban J connectivity index is 2.82. The zero-order chi connectivity index (χ0) is 8.48.